The van der Waals surface area contributed by atoms with Crippen LogP contribution in [-0.4, -0.2) is 10.9 Å². The SMILES string of the molecule is O=C(Nc1c(Cl)cc(Br)cc1Cl)c1ccnc(Cl)c1. The molecule has 0 radical (unpaired) electrons. The van der Waals surface area contributed by atoms with Crippen LogP contribution in [0.5, 0.6) is 0 Å². The number of pyridine rings is 1. The third-order valence-corrected chi connectivity index (χ3v) is 3.49. The summed E-state index contributed by atoms with van der Waals surface area (Å²) in [6, 6.07) is 6.28. The number of anilines is 1. The van der Waals surface area contributed by atoms with Gasteiger partial charge in [-0.15, -0.1) is 0 Å². The molecule has 0 saturated heterocycles. The number of hydrogen-bond acceptors (Lipinski definition) is 2. The van der Waals surface area contributed by atoms with Gasteiger partial charge in [0.1, 0.15) is 5.15 Å². The predicted molar refractivity (Wildman–Crippen MR) is 81.4 cm³/mol. The molecule has 0 saturated carbocycles. The van der Waals surface area contributed by atoms with Crippen molar-refractivity contribution >= 4 is 62.3 Å². The largest absolute Gasteiger partial charge is 0.319 e. The number of nitrogens with one attached hydrogen (secondary N) is 1. The molecule has 1 aromatic heterocycles. The lowest BCUT2D eigenvalue weighted by atomic mass is 10.2. The van der Waals surface area contributed by atoms with E-state index < -0.39 is 0 Å². The first-order valence-corrected chi connectivity index (χ1v) is 6.97. The van der Waals surface area contributed by atoms with E-state index >= 15 is 0 Å². The van der Waals surface area contributed by atoms with Crippen molar-refractivity contribution in [3.8, 4) is 0 Å². The van der Waals surface area contributed by atoms with Gasteiger partial charge >= 0.3 is 0 Å². The highest BCUT2D eigenvalue weighted by Crippen LogP contribution is 2.34. The van der Waals surface area contributed by atoms with Gasteiger partial charge < -0.3 is 5.32 Å². The minimum atomic E-state index is -0.365. The maximum Gasteiger partial charge on any atom is 0.255 e. The number of aromatic nitrogens is 1. The van der Waals surface area contributed by atoms with Crippen LogP contribution in [0.1, 0.15) is 10.4 Å². The van der Waals surface area contributed by atoms with Gasteiger partial charge in [-0.2, -0.15) is 0 Å². The van der Waals surface area contributed by atoms with Crippen molar-refractivity contribution in [2.75, 3.05) is 5.32 Å². The van der Waals surface area contributed by atoms with Crippen LogP contribution in [-0.2, 0) is 0 Å². The lowest BCUT2D eigenvalue weighted by Crippen LogP contribution is -2.12. The molecule has 1 amide bonds. The summed E-state index contributed by atoms with van der Waals surface area (Å²) in [7, 11) is 0. The average Bonchev–Trinajstić information content (AvgIpc) is 2.33. The van der Waals surface area contributed by atoms with Gasteiger partial charge in [-0.05, 0) is 24.3 Å². The summed E-state index contributed by atoms with van der Waals surface area (Å²) in [4.78, 5) is 15.8. The molecule has 0 aliphatic heterocycles. The third kappa shape index (κ3) is 3.60. The predicted octanol–water partition coefficient (Wildman–Crippen LogP) is 5.06. The lowest BCUT2D eigenvalue weighted by Gasteiger charge is -2.10. The highest BCUT2D eigenvalue weighted by Gasteiger charge is 2.13. The van der Waals surface area contributed by atoms with Gasteiger partial charge in [0.15, 0.2) is 0 Å². The Labute approximate surface area is 133 Å². The molecule has 0 atom stereocenters. The second-order valence-electron chi connectivity index (χ2n) is 3.57. The second-order valence-corrected chi connectivity index (χ2v) is 5.68. The van der Waals surface area contributed by atoms with Crippen molar-refractivity contribution in [2.24, 2.45) is 0 Å². The summed E-state index contributed by atoms with van der Waals surface area (Å²) >= 11 is 21.0. The summed E-state index contributed by atoms with van der Waals surface area (Å²) in [6.45, 7) is 0. The molecule has 0 fully saturated rings. The Morgan fingerprint density at radius 1 is 1.16 bits per heavy atom. The molecule has 1 aromatic carbocycles. The zero-order chi connectivity index (χ0) is 14.0. The van der Waals surface area contributed by atoms with Crippen LogP contribution in [0.15, 0.2) is 34.9 Å². The normalized spacial score (nSPS) is 10.3. The Bertz CT molecular complexity index is 626. The molecule has 98 valence electrons. The highest BCUT2D eigenvalue weighted by molar-refractivity contribution is 9.10. The summed E-state index contributed by atoms with van der Waals surface area (Å²) in [5.41, 5.74) is 0.722. The number of rotatable bonds is 2. The molecule has 1 heterocycles. The fourth-order valence-corrected chi connectivity index (χ4v) is 2.87. The molecular weight excluding hydrogens is 374 g/mol. The third-order valence-electron chi connectivity index (χ3n) is 2.23. The van der Waals surface area contributed by atoms with Crippen molar-refractivity contribution in [3.63, 3.8) is 0 Å². The van der Waals surface area contributed by atoms with Crippen LogP contribution < -0.4 is 5.32 Å². The smallest absolute Gasteiger partial charge is 0.255 e. The topological polar surface area (TPSA) is 42.0 Å². The maximum absolute atomic E-state index is 12.0. The number of hydrogen-bond donors (Lipinski definition) is 1. The molecule has 3 nitrogen and oxygen atoms in total. The van der Waals surface area contributed by atoms with Crippen molar-refractivity contribution in [3.05, 3.63) is 55.7 Å². The van der Waals surface area contributed by atoms with E-state index in [1.54, 1.807) is 18.2 Å². The summed E-state index contributed by atoms with van der Waals surface area (Å²) < 4.78 is 0.729. The minimum Gasteiger partial charge on any atom is -0.319 e. The lowest BCUT2D eigenvalue weighted by molar-refractivity contribution is 0.102. The number of nitrogens with zero attached hydrogens (tertiary/aromatic N) is 1. The highest BCUT2D eigenvalue weighted by atomic mass is 79.9. The number of halogens is 4. The van der Waals surface area contributed by atoms with Crippen LogP contribution in [0.4, 0.5) is 5.69 Å². The number of benzene rings is 1. The van der Waals surface area contributed by atoms with Crippen LogP contribution in [0.25, 0.3) is 0 Å². The minimum absolute atomic E-state index is 0.237. The molecular formula is C12H6BrCl3N2O. The quantitative estimate of drug-likeness (QED) is 0.740. The Morgan fingerprint density at radius 3 is 2.37 bits per heavy atom. The standard InChI is InChI=1S/C12H6BrCl3N2O/c13-7-4-8(14)11(9(15)5-7)18-12(19)6-1-2-17-10(16)3-6/h1-5H,(H,18,19). The van der Waals surface area contributed by atoms with E-state index in [0.717, 1.165) is 4.47 Å². The summed E-state index contributed by atoms with van der Waals surface area (Å²) in [6.07, 6.45) is 1.45. The van der Waals surface area contributed by atoms with Gasteiger partial charge in [0.05, 0.1) is 15.7 Å². The Kier molecular flexibility index (Phi) is 4.68. The van der Waals surface area contributed by atoms with Crippen LogP contribution in [0.3, 0.4) is 0 Å². The van der Waals surface area contributed by atoms with E-state index in [1.165, 1.54) is 12.3 Å². The van der Waals surface area contributed by atoms with E-state index in [0.29, 0.717) is 21.3 Å². The maximum atomic E-state index is 12.0. The summed E-state index contributed by atoms with van der Waals surface area (Å²) in [5, 5.41) is 3.56. The number of carbonyl (C=O) groups is 1. The van der Waals surface area contributed by atoms with E-state index in [-0.39, 0.29) is 11.1 Å². The van der Waals surface area contributed by atoms with Crippen molar-refractivity contribution in [1.29, 1.82) is 0 Å². The van der Waals surface area contributed by atoms with Crippen LogP contribution in [0.2, 0.25) is 15.2 Å². The zero-order valence-corrected chi connectivity index (χ0v) is 13.1. The van der Waals surface area contributed by atoms with Gasteiger partial charge in [0.25, 0.3) is 5.91 Å². The monoisotopic (exact) mass is 378 g/mol. The Balaban J connectivity index is 2.29. The van der Waals surface area contributed by atoms with Crippen molar-refractivity contribution < 1.29 is 4.79 Å². The van der Waals surface area contributed by atoms with Crippen molar-refractivity contribution in [2.45, 2.75) is 0 Å². The molecule has 2 rings (SSSR count). The summed E-state index contributed by atoms with van der Waals surface area (Å²) in [5.74, 6) is -0.365. The number of carbonyl (C=O) groups excluding carboxylic acids is 1. The zero-order valence-electron chi connectivity index (χ0n) is 9.25. The molecule has 0 unspecified atom stereocenters. The van der Waals surface area contributed by atoms with E-state index in [1.807, 2.05) is 0 Å². The van der Waals surface area contributed by atoms with Crippen LogP contribution >= 0.6 is 50.7 Å². The Hall–Kier alpha value is -0.810. The van der Waals surface area contributed by atoms with E-state index in [2.05, 4.69) is 26.2 Å². The molecule has 7 heteroatoms. The molecule has 2 aromatic rings. The van der Waals surface area contributed by atoms with E-state index in [4.69, 9.17) is 34.8 Å². The molecule has 0 spiro atoms. The fraction of sp³-hybridized carbons (Fsp3) is 0. The first-order chi connectivity index (χ1) is 8.97. The molecule has 1 N–H and O–H groups in total. The molecule has 0 aliphatic rings. The number of amides is 1. The van der Waals surface area contributed by atoms with E-state index in [9.17, 15) is 4.79 Å². The van der Waals surface area contributed by atoms with Crippen LogP contribution in [0, 0.1) is 0 Å². The average molecular weight is 380 g/mol. The Morgan fingerprint density at radius 2 is 1.79 bits per heavy atom. The molecule has 19 heavy (non-hydrogen) atoms. The second kappa shape index (κ2) is 6.09. The molecule has 0 aliphatic carbocycles. The first kappa shape index (κ1) is 14.6. The first-order valence-electron chi connectivity index (χ1n) is 5.05. The van der Waals surface area contributed by atoms with Gasteiger partial charge in [-0.3, -0.25) is 4.79 Å². The molecule has 0 bridgehead atoms. The fourth-order valence-electron chi connectivity index (χ4n) is 1.39. The van der Waals surface area contributed by atoms with Gasteiger partial charge in [-0.1, -0.05) is 50.7 Å². The van der Waals surface area contributed by atoms with Gasteiger partial charge in [0.2, 0.25) is 0 Å². The van der Waals surface area contributed by atoms with Crippen molar-refractivity contribution in [1.82, 2.24) is 4.98 Å². The van der Waals surface area contributed by atoms with Gasteiger partial charge in [0, 0.05) is 16.2 Å². The van der Waals surface area contributed by atoms with Gasteiger partial charge in [-0.25, -0.2) is 4.98 Å².